The summed E-state index contributed by atoms with van der Waals surface area (Å²) in [6.45, 7) is 4.71. The molecule has 8 heteroatoms. The monoisotopic (exact) mass is 412 g/mol. The Morgan fingerprint density at radius 1 is 1.10 bits per heavy atom. The molecule has 3 rings (SSSR count). The molecule has 1 amide bonds. The van der Waals surface area contributed by atoms with E-state index >= 15 is 0 Å². The number of rotatable bonds is 8. The second-order valence-electron chi connectivity index (χ2n) is 6.63. The molecule has 7 nitrogen and oxygen atoms in total. The normalized spacial score (nSPS) is 11.4. The van der Waals surface area contributed by atoms with E-state index in [9.17, 15) is 13.2 Å². The smallest absolute Gasteiger partial charge is 0.251 e. The van der Waals surface area contributed by atoms with Gasteiger partial charge in [-0.25, -0.2) is 13.1 Å². The summed E-state index contributed by atoms with van der Waals surface area (Å²) in [5.74, 6) is -0.315. The summed E-state index contributed by atoms with van der Waals surface area (Å²) < 4.78 is 28.7. The molecule has 0 aliphatic rings. The van der Waals surface area contributed by atoms with E-state index in [-0.39, 0.29) is 17.3 Å². The van der Waals surface area contributed by atoms with E-state index < -0.39 is 10.0 Å². The van der Waals surface area contributed by atoms with Crippen LogP contribution in [0, 0.1) is 6.92 Å². The van der Waals surface area contributed by atoms with E-state index in [1.165, 1.54) is 12.1 Å². The van der Waals surface area contributed by atoms with Crippen LogP contribution in [0.5, 0.6) is 0 Å². The minimum atomic E-state index is -3.63. The third-order valence-electron chi connectivity index (χ3n) is 4.55. The number of nitrogens with one attached hydrogen (secondary N) is 2. The van der Waals surface area contributed by atoms with Crippen LogP contribution in [0.25, 0.3) is 0 Å². The summed E-state index contributed by atoms with van der Waals surface area (Å²) in [4.78, 5) is 12.8. The molecule has 0 radical (unpaired) electrons. The first-order valence-electron chi connectivity index (χ1n) is 9.33. The van der Waals surface area contributed by atoms with Crippen molar-refractivity contribution in [3.63, 3.8) is 0 Å². The predicted octanol–water partition coefficient (Wildman–Crippen LogP) is 2.47. The average molecular weight is 413 g/mol. The van der Waals surface area contributed by atoms with Crippen LogP contribution in [0.3, 0.4) is 0 Å². The number of hydrogen-bond acceptors (Lipinski definition) is 4. The second kappa shape index (κ2) is 9.02. The first kappa shape index (κ1) is 20.8. The molecule has 1 aromatic heterocycles. The van der Waals surface area contributed by atoms with Gasteiger partial charge in [0.05, 0.1) is 11.4 Å². The Labute approximate surface area is 170 Å². The summed E-state index contributed by atoms with van der Waals surface area (Å²) in [6.07, 6.45) is 3.61. The van der Waals surface area contributed by atoms with Crippen molar-refractivity contribution in [1.29, 1.82) is 0 Å². The topological polar surface area (TPSA) is 93.1 Å². The molecule has 0 bridgehead atoms. The van der Waals surface area contributed by atoms with E-state index in [2.05, 4.69) is 15.1 Å². The molecule has 0 aliphatic carbocycles. The molecule has 2 N–H and O–H groups in total. The van der Waals surface area contributed by atoms with Gasteiger partial charge in [-0.3, -0.25) is 9.48 Å². The molecular formula is C21H24N4O3S. The van der Waals surface area contributed by atoms with Gasteiger partial charge in [0, 0.05) is 31.0 Å². The largest absolute Gasteiger partial charge is 0.348 e. The second-order valence-corrected chi connectivity index (χ2v) is 8.40. The van der Waals surface area contributed by atoms with Crippen LogP contribution in [-0.4, -0.2) is 30.7 Å². The third-order valence-corrected chi connectivity index (χ3v) is 6.09. The van der Waals surface area contributed by atoms with Gasteiger partial charge in [0.1, 0.15) is 0 Å². The van der Waals surface area contributed by atoms with E-state index in [0.29, 0.717) is 24.2 Å². The van der Waals surface area contributed by atoms with E-state index in [4.69, 9.17) is 0 Å². The van der Waals surface area contributed by atoms with Gasteiger partial charge >= 0.3 is 0 Å². The minimum Gasteiger partial charge on any atom is -0.348 e. The molecule has 1 heterocycles. The lowest BCUT2D eigenvalue weighted by molar-refractivity contribution is 0.0950. The van der Waals surface area contributed by atoms with Gasteiger partial charge in [0.25, 0.3) is 5.91 Å². The summed E-state index contributed by atoms with van der Waals surface area (Å²) in [7, 11) is -3.63. The molecule has 0 fully saturated rings. The van der Waals surface area contributed by atoms with Gasteiger partial charge in [0.15, 0.2) is 0 Å². The van der Waals surface area contributed by atoms with Crippen molar-refractivity contribution in [3.8, 4) is 0 Å². The zero-order chi connectivity index (χ0) is 20.9. The lowest BCUT2D eigenvalue weighted by Crippen LogP contribution is -2.26. The predicted molar refractivity (Wildman–Crippen MR) is 111 cm³/mol. The molecular weight excluding hydrogens is 388 g/mol. The molecule has 152 valence electrons. The fourth-order valence-electron chi connectivity index (χ4n) is 3.01. The highest BCUT2D eigenvalue weighted by atomic mass is 32.2. The van der Waals surface area contributed by atoms with Crippen molar-refractivity contribution in [2.24, 2.45) is 0 Å². The Morgan fingerprint density at radius 2 is 1.86 bits per heavy atom. The van der Waals surface area contributed by atoms with Crippen LogP contribution in [-0.2, 0) is 23.1 Å². The van der Waals surface area contributed by atoms with Crippen molar-refractivity contribution >= 4 is 15.9 Å². The molecule has 0 spiro atoms. The summed E-state index contributed by atoms with van der Waals surface area (Å²) in [5.41, 5.74) is 3.08. The fourth-order valence-corrected chi connectivity index (χ4v) is 4.08. The van der Waals surface area contributed by atoms with Gasteiger partial charge in [-0.05, 0) is 41.8 Å². The van der Waals surface area contributed by atoms with Gasteiger partial charge in [-0.1, -0.05) is 37.3 Å². The Balaban J connectivity index is 1.77. The van der Waals surface area contributed by atoms with E-state index in [1.807, 2.05) is 41.2 Å². The SMILES string of the molecule is CCNS(=O)(=O)c1ccc(C)c(C(=O)NCc2ccccc2Cn2cccn2)c1. The Kier molecular flexibility index (Phi) is 6.46. The van der Waals surface area contributed by atoms with Crippen LogP contribution in [0.1, 0.15) is 34.0 Å². The molecule has 0 atom stereocenters. The number of hydrogen-bond donors (Lipinski definition) is 2. The van der Waals surface area contributed by atoms with Crippen molar-refractivity contribution in [2.45, 2.75) is 31.8 Å². The quantitative estimate of drug-likeness (QED) is 0.594. The van der Waals surface area contributed by atoms with Gasteiger partial charge in [-0.15, -0.1) is 0 Å². The minimum absolute atomic E-state index is 0.0779. The van der Waals surface area contributed by atoms with Crippen LogP contribution in [0.4, 0.5) is 0 Å². The van der Waals surface area contributed by atoms with Crippen LogP contribution >= 0.6 is 0 Å². The molecule has 2 aromatic carbocycles. The molecule has 29 heavy (non-hydrogen) atoms. The maximum absolute atomic E-state index is 12.8. The molecule has 0 unspecified atom stereocenters. The summed E-state index contributed by atoms with van der Waals surface area (Å²) in [6, 6.07) is 14.2. The summed E-state index contributed by atoms with van der Waals surface area (Å²) in [5, 5.41) is 7.12. The zero-order valence-corrected chi connectivity index (χ0v) is 17.2. The van der Waals surface area contributed by atoms with E-state index in [0.717, 1.165) is 11.1 Å². The van der Waals surface area contributed by atoms with Crippen LogP contribution in [0.15, 0.2) is 65.8 Å². The van der Waals surface area contributed by atoms with Crippen molar-refractivity contribution in [2.75, 3.05) is 6.54 Å². The van der Waals surface area contributed by atoms with Gasteiger partial charge in [0.2, 0.25) is 10.0 Å². The molecule has 0 saturated carbocycles. The van der Waals surface area contributed by atoms with Crippen molar-refractivity contribution in [3.05, 3.63) is 83.2 Å². The van der Waals surface area contributed by atoms with Crippen molar-refractivity contribution in [1.82, 2.24) is 19.8 Å². The van der Waals surface area contributed by atoms with Gasteiger partial charge in [-0.2, -0.15) is 5.10 Å². The number of sulfonamides is 1. The van der Waals surface area contributed by atoms with Crippen molar-refractivity contribution < 1.29 is 13.2 Å². The Morgan fingerprint density at radius 3 is 2.55 bits per heavy atom. The standard InChI is InChI=1S/C21H24N4O3S/c1-3-24-29(27,28)19-10-9-16(2)20(13-19)21(26)22-14-17-7-4-5-8-18(17)15-25-12-6-11-23-25/h4-13,24H,3,14-15H2,1-2H3,(H,22,26). The van der Waals surface area contributed by atoms with Gasteiger partial charge < -0.3 is 5.32 Å². The number of amides is 1. The average Bonchev–Trinajstić information content (AvgIpc) is 3.20. The highest BCUT2D eigenvalue weighted by Crippen LogP contribution is 2.16. The zero-order valence-electron chi connectivity index (χ0n) is 16.4. The number of aryl methyl sites for hydroxylation is 1. The Hall–Kier alpha value is -2.97. The summed E-state index contributed by atoms with van der Waals surface area (Å²) >= 11 is 0. The van der Waals surface area contributed by atoms with Crippen LogP contribution in [0.2, 0.25) is 0 Å². The maximum atomic E-state index is 12.8. The number of nitrogens with zero attached hydrogens (tertiary/aromatic N) is 2. The molecule has 0 saturated heterocycles. The first-order chi connectivity index (χ1) is 13.9. The highest BCUT2D eigenvalue weighted by molar-refractivity contribution is 7.89. The fraction of sp³-hybridized carbons (Fsp3) is 0.238. The lowest BCUT2D eigenvalue weighted by atomic mass is 10.1. The molecule has 3 aromatic rings. The lowest BCUT2D eigenvalue weighted by Gasteiger charge is -2.13. The number of benzene rings is 2. The highest BCUT2D eigenvalue weighted by Gasteiger charge is 2.17. The third kappa shape index (κ3) is 5.10. The maximum Gasteiger partial charge on any atom is 0.251 e. The molecule has 0 aliphatic heterocycles. The van der Waals surface area contributed by atoms with E-state index in [1.54, 1.807) is 26.1 Å². The number of carbonyl (C=O) groups excluding carboxylic acids is 1. The number of carbonyl (C=O) groups is 1. The first-order valence-corrected chi connectivity index (χ1v) is 10.8. The van der Waals surface area contributed by atoms with Crippen LogP contribution < -0.4 is 10.0 Å². The Bertz CT molecular complexity index is 1090. The number of aromatic nitrogens is 2.